The van der Waals surface area contributed by atoms with E-state index < -0.39 is 0 Å². The van der Waals surface area contributed by atoms with Crippen LogP contribution in [0.25, 0.3) is 22.0 Å². The molecule has 0 radical (unpaired) electrons. The van der Waals surface area contributed by atoms with Crippen LogP contribution in [-0.4, -0.2) is 15.6 Å². The Kier molecular flexibility index (Phi) is 4.22. The highest BCUT2D eigenvalue weighted by atomic mass is 32.1. The van der Waals surface area contributed by atoms with Crippen molar-refractivity contribution in [3.05, 3.63) is 59.8 Å². The largest absolute Gasteiger partial charge is 0.389 e. The molecule has 1 heterocycles. The lowest BCUT2D eigenvalue weighted by molar-refractivity contribution is -0.119. The van der Waals surface area contributed by atoms with E-state index in [-0.39, 0.29) is 5.91 Å². The second-order valence-electron chi connectivity index (χ2n) is 5.66. The van der Waals surface area contributed by atoms with Crippen LogP contribution in [0.4, 0.5) is 0 Å². The summed E-state index contributed by atoms with van der Waals surface area (Å²) >= 11 is 5.05. The van der Waals surface area contributed by atoms with Crippen molar-refractivity contribution in [2.24, 2.45) is 5.73 Å². The fraction of sp³-hybridized carbons (Fsp3) is 0.111. The maximum Gasteiger partial charge on any atom is 0.217 e. The lowest BCUT2D eigenvalue weighted by atomic mass is 10.0. The number of benzene rings is 2. The summed E-state index contributed by atoms with van der Waals surface area (Å²) < 4.78 is 1.59. The van der Waals surface area contributed by atoms with E-state index in [1.807, 2.05) is 48.7 Å². The van der Waals surface area contributed by atoms with Crippen LogP contribution in [0.3, 0.4) is 0 Å². The Bertz CT molecular complexity index is 945. The summed E-state index contributed by atoms with van der Waals surface area (Å²) in [5.41, 5.74) is 10.4. The van der Waals surface area contributed by atoms with Crippen LogP contribution < -0.4 is 16.9 Å². The van der Waals surface area contributed by atoms with E-state index in [2.05, 4.69) is 5.32 Å². The highest BCUT2D eigenvalue weighted by molar-refractivity contribution is 7.80. The maximum atomic E-state index is 11.1. The number of carbonyl (C=O) groups excluding carboxylic acids is 1. The number of aromatic nitrogens is 1. The normalized spacial score (nSPS) is 10.7. The molecule has 0 saturated carbocycles. The van der Waals surface area contributed by atoms with Gasteiger partial charge in [0.2, 0.25) is 5.91 Å². The van der Waals surface area contributed by atoms with Gasteiger partial charge in [-0.2, -0.15) is 0 Å². The summed E-state index contributed by atoms with van der Waals surface area (Å²) in [4.78, 5) is 11.4. The number of nitrogens with zero attached hydrogens (tertiary/aromatic N) is 1. The second-order valence-corrected chi connectivity index (χ2v) is 6.10. The van der Waals surface area contributed by atoms with Crippen LogP contribution in [0.15, 0.2) is 48.7 Å². The first-order chi connectivity index (χ1) is 11.5. The van der Waals surface area contributed by atoms with Crippen molar-refractivity contribution in [2.75, 3.05) is 5.84 Å². The van der Waals surface area contributed by atoms with Crippen molar-refractivity contribution in [1.82, 2.24) is 9.99 Å². The number of hydrogen-bond donors (Lipinski definition) is 3. The fourth-order valence-electron chi connectivity index (χ4n) is 2.70. The molecule has 0 unspecified atom stereocenters. The van der Waals surface area contributed by atoms with Crippen molar-refractivity contribution in [3.8, 4) is 11.1 Å². The van der Waals surface area contributed by atoms with Crippen molar-refractivity contribution < 1.29 is 4.79 Å². The molecule has 6 heteroatoms. The molecule has 0 fully saturated rings. The molecule has 0 aliphatic heterocycles. The van der Waals surface area contributed by atoms with Gasteiger partial charge in [-0.3, -0.25) is 9.47 Å². The standard InChI is InChI=1S/C18H18N4OS/c1-11(23)21-9-12-5-6-15-16(10-22(20)17(15)7-12)13-3-2-4-14(8-13)18(19)24/h2-8,10H,9,20H2,1H3,(H2,19,24)(H,21,23). The first-order valence-electron chi connectivity index (χ1n) is 7.49. The molecule has 5 N–H and O–H groups in total. The third-order valence-electron chi connectivity index (χ3n) is 3.90. The quantitative estimate of drug-likeness (QED) is 0.503. The molecular weight excluding hydrogens is 320 g/mol. The van der Waals surface area contributed by atoms with E-state index in [0.717, 1.165) is 33.2 Å². The van der Waals surface area contributed by atoms with Gasteiger partial charge in [0.1, 0.15) is 4.99 Å². The van der Waals surface area contributed by atoms with E-state index in [9.17, 15) is 4.79 Å². The molecule has 3 rings (SSSR count). The number of nitrogens with two attached hydrogens (primary N) is 2. The Morgan fingerprint density at radius 1 is 1.25 bits per heavy atom. The van der Waals surface area contributed by atoms with E-state index in [1.54, 1.807) is 4.68 Å². The number of hydrogen-bond acceptors (Lipinski definition) is 3. The van der Waals surface area contributed by atoms with E-state index in [0.29, 0.717) is 11.5 Å². The highest BCUT2D eigenvalue weighted by Gasteiger charge is 2.11. The summed E-state index contributed by atoms with van der Waals surface area (Å²) in [6.07, 6.45) is 1.88. The molecule has 1 amide bonds. The summed E-state index contributed by atoms with van der Waals surface area (Å²) in [5.74, 6) is 6.05. The molecule has 0 aliphatic carbocycles. The molecular formula is C18H18N4OS. The minimum absolute atomic E-state index is 0.0616. The maximum absolute atomic E-state index is 11.1. The summed E-state index contributed by atoms with van der Waals surface area (Å²) in [6, 6.07) is 13.8. The van der Waals surface area contributed by atoms with Crippen molar-refractivity contribution in [3.63, 3.8) is 0 Å². The number of amides is 1. The predicted molar refractivity (Wildman–Crippen MR) is 101 cm³/mol. The molecule has 0 bridgehead atoms. The Labute approximate surface area is 145 Å². The van der Waals surface area contributed by atoms with Gasteiger partial charge in [0.15, 0.2) is 0 Å². The topological polar surface area (TPSA) is 86.1 Å². The van der Waals surface area contributed by atoms with Crippen LogP contribution in [0, 0.1) is 0 Å². The minimum atomic E-state index is -0.0616. The van der Waals surface area contributed by atoms with E-state index >= 15 is 0 Å². The van der Waals surface area contributed by atoms with Gasteiger partial charge in [0, 0.05) is 36.2 Å². The van der Waals surface area contributed by atoms with Crippen LogP contribution in [0.2, 0.25) is 0 Å². The zero-order valence-corrected chi connectivity index (χ0v) is 14.1. The first-order valence-corrected chi connectivity index (χ1v) is 7.90. The average Bonchev–Trinajstić information content (AvgIpc) is 2.89. The molecule has 24 heavy (non-hydrogen) atoms. The molecule has 2 aromatic carbocycles. The Hall–Kier alpha value is -2.86. The predicted octanol–water partition coefficient (Wildman–Crippen LogP) is 2.29. The van der Waals surface area contributed by atoms with Gasteiger partial charge < -0.3 is 16.9 Å². The third-order valence-corrected chi connectivity index (χ3v) is 4.13. The van der Waals surface area contributed by atoms with Crippen LogP contribution in [-0.2, 0) is 11.3 Å². The molecule has 1 aromatic heterocycles. The number of nitrogens with one attached hydrogen (secondary N) is 1. The SMILES string of the molecule is CC(=O)NCc1ccc2c(-c3cccc(C(N)=S)c3)cn(N)c2c1. The summed E-state index contributed by atoms with van der Waals surface area (Å²) in [7, 11) is 0. The lowest BCUT2D eigenvalue weighted by Crippen LogP contribution is -2.18. The Morgan fingerprint density at radius 3 is 2.75 bits per heavy atom. The molecule has 5 nitrogen and oxygen atoms in total. The summed E-state index contributed by atoms with van der Waals surface area (Å²) in [6.45, 7) is 1.97. The van der Waals surface area contributed by atoms with E-state index in [4.69, 9.17) is 23.8 Å². The number of carbonyl (C=O) groups is 1. The smallest absolute Gasteiger partial charge is 0.217 e. The van der Waals surface area contributed by atoms with Gasteiger partial charge in [0.25, 0.3) is 0 Å². The zero-order chi connectivity index (χ0) is 17.3. The van der Waals surface area contributed by atoms with Gasteiger partial charge in [0.05, 0.1) is 5.52 Å². The Morgan fingerprint density at radius 2 is 2.04 bits per heavy atom. The van der Waals surface area contributed by atoms with Crippen LogP contribution in [0.1, 0.15) is 18.1 Å². The second kappa shape index (κ2) is 6.33. The monoisotopic (exact) mass is 338 g/mol. The minimum Gasteiger partial charge on any atom is -0.389 e. The Balaban J connectivity index is 2.05. The van der Waals surface area contributed by atoms with Crippen molar-refractivity contribution in [2.45, 2.75) is 13.5 Å². The highest BCUT2D eigenvalue weighted by Crippen LogP contribution is 2.30. The number of fused-ring (bicyclic) bond motifs is 1. The molecule has 0 atom stereocenters. The van der Waals surface area contributed by atoms with Gasteiger partial charge in [-0.1, -0.05) is 42.5 Å². The first kappa shape index (κ1) is 16.0. The van der Waals surface area contributed by atoms with Crippen molar-refractivity contribution in [1.29, 1.82) is 0 Å². The van der Waals surface area contributed by atoms with Gasteiger partial charge in [-0.25, -0.2) is 0 Å². The third kappa shape index (κ3) is 3.09. The van der Waals surface area contributed by atoms with Crippen molar-refractivity contribution >= 4 is 34.0 Å². The van der Waals surface area contributed by atoms with E-state index in [1.165, 1.54) is 6.92 Å². The van der Waals surface area contributed by atoms with Gasteiger partial charge >= 0.3 is 0 Å². The van der Waals surface area contributed by atoms with Crippen LogP contribution in [0.5, 0.6) is 0 Å². The lowest BCUT2D eigenvalue weighted by Gasteiger charge is -2.05. The zero-order valence-electron chi connectivity index (χ0n) is 13.2. The fourth-order valence-corrected chi connectivity index (χ4v) is 2.83. The molecule has 0 spiro atoms. The number of nitrogen functional groups attached to an aromatic ring is 1. The van der Waals surface area contributed by atoms with Gasteiger partial charge in [-0.15, -0.1) is 0 Å². The average molecular weight is 338 g/mol. The molecule has 0 aliphatic rings. The summed E-state index contributed by atoms with van der Waals surface area (Å²) in [5, 5.41) is 3.82. The van der Waals surface area contributed by atoms with Crippen LogP contribution >= 0.6 is 12.2 Å². The molecule has 0 saturated heterocycles. The van der Waals surface area contributed by atoms with Gasteiger partial charge in [-0.05, 0) is 23.3 Å². The molecule has 3 aromatic rings. The number of thiocarbonyl (C=S) groups is 1. The molecule has 122 valence electrons. The number of rotatable bonds is 4.